The minimum absolute atomic E-state index is 0.0541. The molecule has 0 aliphatic carbocycles. The van der Waals surface area contributed by atoms with Crippen LogP contribution in [-0.2, 0) is 9.53 Å². The normalized spacial score (nSPS) is 15.5. The monoisotopic (exact) mass is 399 g/mol. The topological polar surface area (TPSA) is 120 Å². The van der Waals surface area contributed by atoms with Crippen molar-refractivity contribution in [3.8, 4) is 5.75 Å². The largest absolute Gasteiger partial charge is 0.484 e. The van der Waals surface area contributed by atoms with E-state index in [0.29, 0.717) is 23.5 Å². The summed E-state index contributed by atoms with van der Waals surface area (Å²) in [6.07, 6.45) is 1.99. The van der Waals surface area contributed by atoms with Crippen LogP contribution in [0.4, 0.5) is 11.4 Å². The van der Waals surface area contributed by atoms with Crippen molar-refractivity contribution in [3.63, 3.8) is 0 Å². The summed E-state index contributed by atoms with van der Waals surface area (Å²) in [4.78, 5) is 34.5. The van der Waals surface area contributed by atoms with Crippen LogP contribution in [0.1, 0.15) is 23.2 Å². The average molecular weight is 399 g/mol. The van der Waals surface area contributed by atoms with E-state index < -0.39 is 10.8 Å². The van der Waals surface area contributed by atoms with Gasteiger partial charge < -0.3 is 20.1 Å². The van der Waals surface area contributed by atoms with Gasteiger partial charge in [0.2, 0.25) is 0 Å². The zero-order chi connectivity index (χ0) is 20.6. The number of hydrogen-bond acceptors (Lipinski definition) is 6. The molecule has 1 aliphatic heterocycles. The van der Waals surface area contributed by atoms with Crippen molar-refractivity contribution < 1.29 is 24.0 Å². The highest BCUT2D eigenvalue weighted by molar-refractivity contribution is 5.97. The van der Waals surface area contributed by atoms with E-state index in [1.165, 1.54) is 24.3 Å². The van der Waals surface area contributed by atoms with Crippen molar-refractivity contribution in [2.75, 3.05) is 25.1 Å². The molecule has 2 amide bonds. The number of nitrogens with zero attached hydrogens (tertiary/aromatic N) is 1. The number of anilines is 1. The Hall–Kier alpha value is -3.46. The summed E-state index contributed by atoms with van der Waals surface area (Å²) in [6, 6.07) is 12.0. The van der Waals surface area contributed by atoms with Gasteiger partial charge in [-0.2, -0.15) is 0 Å². The van der Waals surface area contributed by atoms with E-state index in [-0.39, 0.29) is 24.3 Å². The first-order valence-corrected chi connectivity index (χ1v) is 9.18. The Morgan fingerprint density at radius 2 is 2.00 bits per heavy atom. The van der Waals surface area contributed by atoms with Gasteiger partial charge in [-0.15, -0.1) is 0 Å². The SMILES string of the molecule is O=C(COc1ccc([N+](=O)[O-])cc1)Nc1cccc(C(=O)NCC2CCCO2)c1. The second-order valence-electron chi connectivity index (χ2n) is 6.51. The smallest absolute Gasteiger partial charge is 0.269 e. The number of carbonyl (C=O) groups excluding carboxylic acids is 2. The molecule has 2 aromatic carbocycles. The van der Waals surface area contributed by atoms with Gasteiger partial charge in [0.05, 0.1) is 11.0 Å². The maximum absolute atomic E-state index is 12.3. The number of benzene rings is 2. The molecular weight excluding hydrogens is 378 g/mol. The molecule has 1 fully saturated rings. The molecule has 1 unspecified atom stereocenters. The molecule has 3 rings (SSSR count). The van der Waals surface area contributed by atoms with Gasteiger partial charge in [-0.05, 0) is 43.2 Å². The lowest BCUT2D eigenvalue weighted by atomic mass is 10.1. The fourth-order valence-electron chi connectivity index (χ4n) is 2.86. The molecule has 0 bridgehead atoms. The van der Waals surface area contributed by atoms with Gasteiger partial charge in [0.15, 0.2) is 6.61 Å². The molecule has 0 spiro atoms. The lowest BCUT2D eigenvalue weighted by Crippen LogP contribution is -2.31. The Balaban J connectivity index is 1.49. The summed E-state index contributed by atoms with van der Waals surface area (Å²) in [5.41, 5.74) is 0.834. The third kappa shape index (κ3) is 6.01. The first kappa shape index (κ1) is 20.3. The summed E-state index contributed by atoms with van der Waals surface area (Å²) in [7, 11) is 0. The maximum atomic E-state index is 12.3. The molecular formula is C20H21N3O6. The zero-order valence-corrected chi connectivity index (χ0v) is 15.6. The third-order valence-electron chi connectivity index (χ3n) is 4.34. The molecule has 0 radical (unpaired) electrons. The summed E-state index contributed by atoms with van der Waals surface area (Å²) >= 11 is 0. The lowest BCUT2D eigenvalue weighted by Gasteiger charge is -2.12. The molecule has 0 aromatic heterocycles. The Labute approximate surface area is 167 Å². The first-order valence-electron chi connectivity index (χ1n) is 9.18. The van der Waals surface area contributed by atoms with Gasteiger partial charge in [-0.3, -0.25) is 19.7 Å². The van der Waals surface area contributed by atoms with Gasteiger partial charge in [0, 0.05) is 36.5 Å². The van der Waals surface area contributed by atoms with Crippen molar-refractivity contribution in [2.45, 2.75) is 18.9 Å². The second-order valence-corrected chi connectivity index (χ2v) is 6.51. The Morgan fingerprint density at radius 1 is 1.21 bits per heavy atom. The number of carbonyl (C=O) groups is 2. The Bertz CT molecular complexity index is 878. The standard InChI is InChI=1S/C20H21N3O6/c24-19(13-29-17-8-6-16(7-9-17)23(26)27)22-15-4-1-3-14(11-15)20(25)21-12-18-5-2-10-28-18/h1,3-4,6-9,11,18H,2,5,10,12-13H2,(H,21,25)(H,22,24). The van der Waals surface area contributed by atoms with Crippen molar-refractivity contribution in [3.05, 3.63) is 64.2 Å². The van der Waals surface area contributed by atoms with E-state index in [0.717, 1.165) is 19.4 Å². The molecule has 1 heterocycles. The van der Waals surface area contributed by atoms with E-state index in [1.807, 2.05) is 0 Å². The van der Waals surface area contributed by atoms with Crippen molar-refractivity contribution in [2.24, 2.45) is 0 Å². The minimum atomic E-state index is -0.513. The number of hydrogen-bond donors (Lipinski definition) is 2. The fraction of sp³-hybridized carbons (Fsp3) is 0.300. The third-order valence-corrected chi connectivity index (χ3v) is 4.34. The van der Waals surface area contributed by atoms with E-state index in [9.17, 15) is 19.7 Å². The molecule has 9 heteroatoms. The van der Waals surface area contributed by atoms with Crippen LogP contribution < -0.4 is 15.4 Å². The highest BCUT2D eigenvalue weighted by atomic mass is 16.6. The van der Waals surface area contributed by atoms with E-state index in [4.69, 9.17) is 9.47 Å². The summed E-state index contributed by atoms with van der Waals surface area (Å²) in [6.45, 7) is 0.912. The van der Waals surface area contributed by atoms with Gasteiger partial charge in [0.25, 0.3) is 17.5 Å². The molecule has 152 valence electrons. The summed E-state index contributed by atoms with van der Waals surface area (Å²) in [5, 5.41) is 16.1. The maximum Gasteiger partial charge on any atom is 0.269 e. The van der Waals surface area contributed by atoms with Crippen LogP contribution in [0.25, 0.3) is 0 Å². The van der Waals surface area contributed by atoms with Gasteiger partial charge in [0.1, 0.15) is 5.75 Å². The number of rotatable bonds is 8. The van der Waals surface area contributed by atoms with Crippen LogP contribution in [0.5, 0.6) is 5.75 Å². The molecule has 2 aromatic rings. The quantitative estimate of drug-likeness (QED) is 0.520. The second kappa shape index (κ2) is 9.65. The van der Waals surface area contributed by atoms with Crippen LogP contribution in [0.15, 0.2) is 48.5 Å². The average Bonchev–Trinajstić information content (AvgIpc) is 3.24. The van der Waals surface area contributed by atoms with Crippen molar-refractivity contribution in [1.29, 1.82) is 0 Å². The Morgan fingerprint density at radius 3 is 2.69 bits per heavy atom. The van der Waals surface area contributed by atoms with E-state index in [2.05, 4.69) is 10.6 Å². The number of ether oxygens (including phenoxy) is 2. The number of nitrogens with one attached hydrogen (secondary N) is 2. The predicted octanol–water partition coefficient (Wildman–Crippen LogP) is 2.52. The molecule has 2 N–H and O–H groups in total. The number of amides is 2. The van der Waals surface area contributed by atoms with Crippen LogP contribution in [0.2, 0.25) is 0 Å². The first-order chi connectivity index (χ1) is 14.0. The van der Waals surface area contributed by atoms with Gasteiger partial charge in [-0.1, -0.05) is 6.07 Å². The number of non-ortho nitro benzene ring substituents is 1. The molecule has 0 saturated carbocycles. The highest BCUT2D eigenvalue weighted by Gasteiger charge is 2.17. The molecule has 29 heavy (non-hydrogen) atoms. The lowest BCUT2D eigenvalue weighted by molar-refractivity contribution is -0.384. The van der Waals surface area contributed by atoms with Crippen LogP contribution in [0, 0.1) is 10.1 Å². The number of nitro groups is 1. The van der Waals surface area contributed by atoms with Crippen LogP contribution in [-0.4, -0.2) is 42.6 Å². The summed E-state index contributed by atoms with van der Waals surface area (Å²) < 4.78 is 10.8. The van der Waals surface area contributed by atoms with Crippen LogP contribution >= 0.6 is 0 Å². The minimum Gasteiger partial charge on any atom is -0.484 e. The zero-order valence-electron chi connectivity index (χ0n) is 15.6. The van der Waals surface area contributed by atoms with Gasteiger partial charge >= 0.3 is 0 Å². The highest BCUT2D eigenvalue weighted by Crippen LogP contribution is 2.17. The Kier molecular flexibility index (Phi) is 6.75. The fourth-order valence-corrected chi connectivity index (χ4v) is 2.86. The van der Waals surface area contributed by atoms with E-state index in [1.54, 1.807) is 24.3 Å². The van der Waals surface area contributed by atoms with Crippen molar-refractivity contribution >= 4 is 23.2 Å². The molecule has 1 atom stereocenters. The predicted molar refractivity (Wildman–Crippen MR) is 105 cm³/mol. The van der Waals surface area contributed by atoms with E-state index >= 15 is 0 Å². The van der Waals surface area contributed by atoms with Crippen molar-refractivity contribution in [1.82, 2.24) is 5.32 Å². The summed E-state index contributed by atoms with van der Waals surface area (Å²) in [5.74, 6) is -0.313. The van der Waals surface area contributed by atoms with Gasteiger partial charge in [-0.25, -0.2) is 0 Å². The molecule has 9 nitrogen and oxygen atoms in total. The molecule has 1 saturated heterocycles. The molecule has 1 aliphatic rings. The number of nitro benzene ring substituents is 1. The van der Waals surface area contributed by atoms with Crippen LogP contribution in [0.3, 0.4) is 0 Å².